The lowest BCUT2D eigenvalue weighted by atomic mass is 10.1. The summed E-state index contributed by atoms with van der Waals surface area (Å²) in [7, 11) is -3.60. The second kappa shape index (κ2) is 13.8. The Morgan fingerprint density at radius 3 is 2.33 bits per heavy atom. The number of ether oxygens (including phenoxy) is 1. The smallest absolute Gasteiger partial charge is 0.242 e. The van der Waals surface area contributed by atoms with Crippen LogP contribution in [0.25, 0.3) is 0 Å². The van der Waals surface area contributed by atoms with Gasteiger partial charge in [0.05, 0.1) is 18.6 Å². The Morgan fingerprint density at radius 2 is 1.75 bits per heavy atom. The molecule has 1 N–H and O–H groups in total. The Balaban J connectivity index is 2.15. The van der Waals surface area contributed by atoms with Crippen molar-refractivity contribution >= 4 is 27.5 Å². The molecule has 2 aromatic carbocycles. The third kappa shape index (κ3) is 8.51. The van der Waals surface area contributed by atoms with Crippen molar-refractivity contribution in [3.63, 3.8) is 0 Å². The van der Waals surface area contributed by atoms with Gasteiger partial charge in [0.1, 0.15) is 17.6 Å². The average Bonchev–Trinajstić information content (AvgIpc) is 2.84. The van der Waals surface area contributed by atoms with Crippen LogP contribution in [0.3, 0.4) is 0 Å². The minimum absolute atomic E-state index is 0.0110. The topological polar surface area (TPSA) is 96.0 Å². The second-order valence-corrected chi connectivity index (χ2v) is 10.4. The van der Waals surface area contributed by atoms with E-state index in [1.54, 1.807) is 49.4 Å². The van der Waals surface area contributed by atoms with Crippen molar-refractivity contribution in [2.45, 2.75) is 52.6 Å². The van der Waals surface area contributed by atoms with E-state index < -0.39 is 21.9 Å². The number of carbonyl (C=O) groups is 2. The van der Waals surface area contributed by atoms with Crippen molar-refractivity contribution in [1.29, 1.82) is 0 Å². The Labute approximate surface area is 213 Å². The number of nitrogens with zero attached hydrogens (tertiary/aromatic N) is 2. The molecule has 1 atom stereocenters. The van der Waals surface area contributed by atoms with E-state index in [0.717, 1.165) is 12.7 Å². The molecule has 0 saturated carbocycles. The number of halogens is 1. The Morgan fingerprint density at radius 1 is 1.08 bits per heavy atom. The Kier molecular flexibility index (Phi) is 11.2. The van der Waals surface area contributed by atoms with Crippen molar-refractivity contribution in [2.75, 3.05) is 30.3 Å². The summed E-state index contributed by atoms with van der Waals surface area (Å²) in [6, 6.07) is 12.0. The lowest BCUT2D eigenvalue weighted by molar-refractivity contribution is -0.140. The first-order chi connectivity index (χ1) is 17.1. The molecule has 8 nitrogen and oxygen atoms in total. The van der Waals surface area contributed by atoms with E-state index in [0.29, 0.717) is 30.2 Å². The maximum atomic E-state index is 14.3. The van der Waals surface area contributed by atoms with Gasteiger partial charge in [0, 0.05) is 31.6 Å². The molecule has 10 heteroatoms. The van der Waals surface area contributed by atoms with E-state index in [9.17, 15) is 22.4 Å². The van der Waals surface area contributed by atoms with Crippen LogP contribution in [0.15, 0.2) is 48.5 Å². The average molecular weight is 522 g/mol. The zero-order valence-corrected chi connectivity index (χ0v) is 22.2. The summed E-state index contributed by atoms with van der Waals surface area (Å²) in [5, 5.41) is 2.77. The van der Waals surface area contributed by atoms with Crippen LogP contribution < -0.4 is 14.4 Å². The molecule has 36 heavy (non-hydrogen) atoms. The van der Waals surface area contributed by atoms with Gasteiger partial charge in [0.15, 0.2) is 0 Å². The fraction of sp³-hybridized carbons (Fsp3) is 0.462. The van der Waals surface area contributed by atoms with Gasteiger partial charge in [0.25, 0.3) is 0 Å². The molecule has 0 bridgehead atoms. The summed E-state index contributed by atoms with van der Waals surface area (Å²) in [5.74, 6) is -0.523. The predicted molar refractivity (Wildman–Crippen MR) is 139 cm³/mol. The molecule has 0 aliphatic carbocycles. The maximum Gasteiger partial charge on any atom is 0.242 e. The second-order valence-electron chi connectivity index (χ2n) is 8.45. The molecule has 0 radical (unpaired) electrons. The summed E-state index contributed by atoms with van der Waals surface area (Å²) in [6.45, 7) is 6.35. The van der Waals surface area contributed by atoms with Gasteiger partial charge in [-0.3, -0.25) is 13.9 Å². The van der Waals surface area contributed by atoms with Gasteiger partial charge in [-0.15, -0.1) is 0 Å². The van der Waals surface area contributed by atoms with E-state index >= 15 is 0 Å². The van der Waals surface area contributed by atoms with Crippen LogP contribution in [-0.2, 0) is 26.2 Å². The molecule has 198 valence electrons. The van der Waals surface area contributed by atoms with Gasteiger partial charge in [-0.1, -0.05) is 25.1 Å². The van der Waals surface area contributed by atoms with Gasteiger partial charge in [-0.2, -0.15) is 0 Å². The number of anilines is 1. The third-order valence-electron chi connectivity index (χ3n) is 5.60. The molecular weight excluding hydrogens is 485 g/mol. The highest BCUT2D eigenvalue weighted by molar-refractivity contribution is 7.92. The number of hydrogen-bond donors (Lipinski definition) is 1. The molecule has 0 aromatic heterocycles. The molecule has 0 aliphatic heterocycles. The highest BCUT2D eigenvalue weighted by Gasteiger charge is 2.27. The van der Waals surface area contributed by atoms with Gasteiger partial charge in [-0.25, -0.2) is 12.8 Å². The number of hydrogen-bond acceptors (Lipinski definition) is 5. The van der Waals surface area contributed by atoms with E-state index in [-0.39, 0.29) is 37.7 Å². The zero-order chi connectivity index (χ0) is 26.7. The number of nitrogens with one attached hydrogen (secondary N) is 1. The van der Waals surface area contributed by atoms with Crippen LogP contribution in [0.5, 0.6) is 5.75 Å². The molecule has 0 spiro atoms. The minimum atomic E-state index is -3.60. The summed E-state index contributed by atoms with van der Waals surface area (Å²) in [4.78, 5) is 27.1. The van der Waals surface area contributed by atoms with Gasteiger partial charge in [-0.05, 0) is 57.0 Å². The quantitative estimate of drug-likeness (QED) is 0.409. The van der Waals surface area contributed by atoms with Crippen LogP contribution in [-0.4, -0.2) is 57.1 Å². The summed E-state index contributed by atoms with van der Waals surface area (Å²) in [5.41, 5.74) is 0.761. The SMILES string of the molecule is CCCNC(=O)[C@@H](C)N(Cc1ccccc1F)C(=O)CCCN(c1ccc(OCC)cc1)S(C)(=O)=O. The molecule has 2 aromatic rings. The molecule has 2 rings (SSSR count). The normalized spacial score (nSPS) is 12.0. The first kappa shape index (κ1) is 29.1. The third-order valence-corrected chi connectivity index (χ3v) is 6.80. The Bertz CT molecular complexity index is 1110. The van der Waals surface area contributed by atoms with Crippen LogP contribution in [0.4, 0.5) is 10.1 Å². The maximum absolute atomic E-state index is 14.3. The van der Waals surface area contributed by atoms with Crippen LogP contribution >= 0.6 is 0 Å². The monoisotopic (exact) mass is 521 g/mol. The number of carbonyl (C=O) groups excluding carboxylic acids is 2. The van der Waals surface area contributed by atoms with E-state index in [4.69, 9.17) is 4.74 Å². The molecule has 0 unspecified atom stereocenters. The van der Waals surface area contributed by atoms with E-state index in [1.165, 1.54) is 15.3 Å². The van der Waals surface area contributed by atoms with Crippen LogP contribution in [0.1, 0.15) is 45.6 Å². The first-order valence-corrected chi connectivity index (χ1v) is 13.9. The van der Waals surface area contributed by atoms with E-state index in [1.807, 2.05) is 13.8 Å². The standard InChI is InChI=1S/C26H36FN3O5S/c1-5-17-28-26(32)20(3)29(19-21-10-7-8-11-24(21)27)25(31)12-9-18-30(36(4,33)34)22-13-15-23(16-14-22)35-6-2/h7-8,10-11,13-16,20H,5-6,9,12,17-19H2,1-4H3,(H,28,32)/t20-/m1/s1. The van der Waals surface area contributed by atoms with Crippen molar-refractivity contribution < 1.29 is 27.1 Å². The number of benzene rings is 2. The van der Waals surface area contributed by atoms with Crippen molar-refractivity contribution in [3.05, 3.63) is 59.9 Å². The summed E-state index contributed by atoms with van der Waals surface area (Å²) >= 11 is 0. The van der Waals surface area contributed by atoms with Crippen molar-refractivity contribution in [1.82, 2.24) is 10.2 Å². The highest BCUT2D eigenvalue weighted by atomic mass is 32.2. The van der Waals surface area contributed by atoms with Gasteiger partial charge < -0.3 is 15.0 Å². The molecule has 0 fully saturated rings. The molecule has 0 saturated heterocycles. The molecular formula is C26H36FN3O5S. The summed E-state index contributed by atoms with van der Waals surface area (Å²) in [6.07, 6.45) is 2.06. The molecule has 0 aliphatic rings. The first-order valence-electron chi connectivity index (χ1n) is 12.1. The predicted octanol–water partition coefficient (Wildman–Crippen LogP) is 3.71. The highest BCUT2D eigenvalue weighted by Crippen LogP contribution is 2.23. The fourth-order valence-corrected chi connectivity index (χ4v) is 4.63. The number of rotatable bonds is 14. The molecule has 2 amide bonds. The minimum Gasteiger partial charge on any atom is -0.494 e. The summed E-state index contributed by atoms with van der Waals surface area (Å²) < 4.78 is 45.8. The van der Waals surface area contributed by atoms with Crippen molar-refractivity contribution in [2.24, 2.45) is 0 Å². The largest absolute Gasteiger partial charge is 0.494 e. The van der Waals surface area contributed by atoms with Gasteiger partial charge in [0.2, 0.25) is 21.8 Å². The van der Waals surface area contributed by atoms with Crippen LogP contribution in [0, 0.1) is 5.82 Å². The Hall–Kier alpha value is -3.14. The molecule has 0 heterocycles. The van der Waals surface area contributed by atoms with E-state index in [2.05, 4.69) is 5.32 Å². The number of amides is 2. The van der Waals surface area contributed by atoms with Gasteiger partial charge >= 0.3 is 0 Å². The zero-order valence-electron chi connectivity index (χ0n) is 21.4. The lowest BCUT2D eigenvalue weighted by Gasteiger charge is -2.29. The van der Waals surface area contributed by atoms with Crippen molar-refractivity contribution in [3.8, 4) is 5.75 Å². The number of sulfonamides is 1. The lowest BCUT2D eigenvalue weighted by Crippen LogP contribution is -2.48. The fourth-order valence-electron chi connectivity index (χ4n) is 3.67. The van der Waals surface area contributed by atoms with Crippen LogP contribution in [0.2, 0.25) is 0 Å².